The van der Waals surface area contributed by atoms with Gasteiger partial charge in [-0.2, -0.15) is 0 Å². The number of H-pyrrole nitrogens is 1. The van der Waals surface area contributed by atoms with Crippen molar-refractivity contribution in [3.05, 3.63) is 58.4 Å². The highest BCUT2D eigenvalue weighted by molar-refractivity contribution is 6.30. The second-order valence-corrected chi connectivity index (χ2v) is 4.93. The van der Waals surface area contributed by atoms with Crippen LogP contribution in [0.1, 0.15) is 29.0 Å². The minimum Gasteiger partial charge on any atom is -0.356 e. The lowest BCUT2D eigenvalue weighted by Gasteiger charge is -2.25. The molecule has 1 N–H and O–H groups in total. The molecule has 20 heavy (non-hydrogen) atoms. The molecule has 1 atom stereocenters. The zero-order chi connectivity index (χ0) is 14.9. The van der Waals surface area contributed by atoms with Crippen molar-refractivity contribution in [1.29, 1.82) is 0 Å². The van der Waals surface area contributed by atoms with Crippen LogP contribution in [-0.4, -0.2) is 22.8 Å². The number of rotatable bonds is 3. The third-order valence-corrected chi connectivity index (χ3v) is 3.42. The van der Waals surface area contributed by atoms with E-state index in [4.69, 9.17) is 11.6 Å². The fourth-order valence-corrected chi connectivity index (χ4v) is 2.02. The van der Waals surface area contributed by atoms with Crippen LogP contribution in [0.5, 0.6) is 0 Å². The summed E-state index contributed by atoms with van der Waals surface area (Å²) >= 11 is 5.75. The molecule has 0 aliphatic rings. The number of aromatic amines is 1. The van der Waals surface area contributed by atoms with Gasteiger partial charge in [-0.25, -0.2) is 8.78 Å². The van der Waals surface area contributed by atoms with Gasteiger partial charge in [0.25, 0.3) is 5.91 Å². The van der Waals surface area contributed by atoms with Gasteiger partial charge in [-0.15, -0.1) is 0 Å². The molecular formula is C14H13ClF2N2O. The van der Waals surface area contributed by atoms with Gasteiger partial charge in [-0.05, 0) is 30.7 Å². The summed E-state index contributed by atoms with van der Waals surface area (Å²) in [5, 5.41) is 0.433. The number of hydrogen-bond acceptors (Lipinski definition) is 1. The topological polar surface area (TPSA) is 36.1 Å². The molecule has 3 nitrogen and oxygen atoms in total. The minimum atomic E-state index is -0.932. The van der Waals surface area contributed by atoms with E-state index in [1.165, 1.54) is 23.2 Å². The number of benzene rings is 1. The number of aromatic nitrogens is 1. The normalized spacial score (nSPS) is 12.2. The van der Waals surface area contributed by atoms with Crippen LogP contribution in [0, 0.1) is 11.6 Å². The monoisotopic (exact) mass is 298 g/mol. The second kappa shape index (κ2) is 5.63. The second-order valence-electron chi connectivity index (χ2n) is 4.50. The van der Waals surface area contributed by atoms with Gasteiger partial charge in [0.1, 0.15) is 5.69 Å². The third-order valence-electron chi connectivity index (χ3n) is 3.21. The molecule has 0 aliphatic heterocycles. The molecule has 2 aromatic rings. The number of halogens is 3. The Labute approximate surface area is 120 Å². The average Bonchev–Trinajstić information content (AvgIpc) is 2.86. The number of nitrogens with one attached hydrogen (secondary N) is 1. The molecule has 1 aromatic carbocycles. The van der Waals surface area contributed by atoms with Crippen molar-refractivity contribution in [2.45, 2.75) is 13.0 Å². The fourth-order valence-electron chi connectivity index (χ4n) is 1.85. The smallest absolute Gasteiger partial charge is 0.270 e. The van der Waals surface area contributed by atoms with E-state index in [0.29, 0.717) is 16.3 Å². The highest BCUT2D eigenvalue weighted by Crippen LogP contribution is 2.23. The van der Waals surface area contributed by atoms with E-state index in [1.54, 1.807) is 14.0 Å². The summed E-state index contributed by atoms with van der Waals surface area (Å²) < 4.78 is 26.1. The Kier molecular flexibility index (Phi) is 4.09. The Morgan fingerprint density at radius 1 is 1.30 bits per heavy atom. The van der Waals surface area contributed by atoms with Gasteiger partial charge in [0.05, 0.1) is 11.1 Å². The maximum Gasteiger partial charge on any atom is 0.270 e. The van der Waals surface area contributed by atoms with E-state index in [1.807, 2.05) is 0 Å². The molecule has 1 aromatic heterocycles. The molecule has 0 aliphatic carbocycles. The van der Waals surface area contributed by atoms with Gasteiger partial charge >= 0.3 is 0 Å². The van der Waals surface area contributed by atoms with Gasteiger partial charge in [-0.1, -0.05) is 17.7 Å². The summed E-state index contributed by atoms with van der Waals surface area (Å²) in [4.78, 5) is 16.4. The Morgan fingerprint density at radius 3 is 2.55 bits per heavy atom. The van der Waals surface area contributed by atoms with E-state index < -0.39 is 17.7 Å². The zero-order valence-electron chi connectivity index (χ0n) is 11.0. The lowest BCUT2D eigenvalue weighted by molar-refractivity contribution is 0.0737. The van der Waals surface area contributed by atoms with Gasteiger partial charge in [-0.3, -0.25) is 4.79 Å². The van der Waals surface area contributed by atoms with Gasteiger partial charge < -0.3 is 9.88 Å². The maximum absolute atomic E-state index is 13.2. The van der Waals surface area contributed by atoms with Crippen molar-refractivity contribution in [3.8, 4) is 0 Å². The van der Waals surface area contributed by atoms with Crippen LogP contribution in [0.3, 0.4) is 0 Å². The van der Waals surface area contributed by atoms with E-state index >= 15 is 0 Å². The van der Waals surface area contributed by atoms with Crippen LogP contribution < -0.4 is 0 Å². The first kappa shape index (κ1) is 14.5. The summed E-state index contributed by atoms with van der Waals surface area (Å²) in [6, 6.07) is 4.70. The predicted octanol–water partition coefficient (Wildman–Crippen LogP) is 3.78. The standard InChI is InChI=1S/C14H13ClF2N2O/c1-8(9-3-4-11(16)12(17)5-9)19(2)14(20)13-6-10(15)7-18-13/h3-8,18H,1-2H3. The number of carbonyl (C=O) groups excluding carboxylic acids is 1. The quantitative estimate of drug-likeness (QED) is 0.920. The first-order valence-corrected chi connectivity index (χ1v) is 6.34. The van der Waals surface area contributed by atoms with Crippen molar-refractivity contribution in [2.24, 2.45) is 0 Å². The number of carbonyl (C=O) groups is 1. The first-order valence-electron chi connectivity index (χ1n) is 5.96. The number of nitrogens with zero attached hydrogens (tertiary/aromatic N) is 1. The summed E-state index contributed by atoms with van der Waals surface area (Å²) in [7, 11) is 1.59. The largest absolute Gasteiger partial charge is 0.356 e. The molecule has 0 bridgehead atoms. The maximum atomic E-state index is 13.2. The average molecular weight is 299 g/mol. The van der Waals surface area contributed by atoms with Gasteiger partial charge in [0, 0.05) is 13.2 Å². The van der Waals surface area contributed by atoms with Gasteiger partial charge in [0.15, 0.2) is 11.6 Å². The van der Waals surface area contributed by atoms with Crippen LogP contribution in [0.15, 0.2) is 30.5 Å². The summed E-state index contributed by atoms with van der Waals surface area (Å²) in [6.07, 6.45) is 1.50. The van der Waals surface area contributed by atoms with Crippen molar-refractivity contribution >= 4 is 17.5 Å². The van der Waals surface area contributed by atoms with Crippen LogP contribution in [0.2, 0.25) is 5.02 Å². The molecule has 6 heteroatoms. The molecule has 1 heterocycles. The van der Waals surface area contributed by atoms with Crippen molar-refractivity contribution < 1.29 is 13.6 Å². The Balaban J connectivity index is 2.21. The molecule has 0 fully saturated rings. The SMILES string of the molecule is CC(c1ccc(F)c(F)c1)N(C)C(=O)c1cc(Cl)c[nH]1. The molecule has 106 valence electrons. The molecule has 2 rings (SSSR count). The third kappa shape index (κ3) is 2.82. The predicted molar refractivity (Wildman–Crippen MR) is 72.7 cm³/mol. The molecule has 0 spiro atoms. The molecular weight excluding hydrogens is 286 g/mol. The summed E-state index contributed by atoms with van der Waals surface area (Å²) in [5.41, 5.74) is 0.851. The number of hydrogen-bond donors (Lipinski definition) is 1. The fraction of sp³-hybridized carbons (Fsp3) is 0.214. The van der Waals surface area contributed by atoms with Crippen molar-refractivity contribution in [1.82, 2.24) is 9.88 Å². The number of amides is 1. The van der Waals surface area contributed by atoms with Crippen molar-refractivity contribution in [3.63, 3.8) is 0 Å². The first-order chi connectivity index (χ1) is 9.40. The van der Waals surface area contributed by atoms with Crippen LogP contribution in [0.4, 0.5) is 8.78 Å². The summed E-state index contributed by atoms with van der Waals surface area (Å²) in [6.45, 7) is 1.73. The molecule has 1 amide bonds. The highest BCUT2D eigenvalue weighted by Gasteiger charge is 2.21. The van der Waals surface area contributed by atoms with E-state index in [9.17, 15) is 13.6 Å². The zero-order valence-corrected chi connectivity index (χ0v) is 11.7. The molecule has 0 radical (unpaired) electrons. The van der Waals surface area contributed by atoms with Crippen LogP contribution in [-0.2, 0) is 0 Å². The highest BCUT2D eigenvalue weighted by atomic mass is 35.5. The molecule has 0 saturated carbocycles. The molecule has 1 unspecified atom stereocenters. The van der Waals surface area contributed by atoms with E-state index in [0.717, 1.165) is 12.1 Å². The Bertz CT molecular complexity index is 642. The Morgan fingerprint density at radius 2 is 2.00 bits per heavy atom. The van der Waals surface area contributed by atoms with Crippen LogP contribution >= 0.6 is 11.6 Å². The van der Waals surface area contributed by atoms with Crippen LogP contribution in [0.25, 0.3) is 0 Å². The van der Waals surface area contributed by atoms with Gasteiger partial charge in [0.2, 0.25) is 0 Å². The lowest BCUT2D eigenvalue weighted by atomic mass is 10.1. The lowest BCUT2D eigenvalue weighted by Crippen LogP contribution is -2.30. The van der Waals surface area contributed by atoms with Crippen molar-refractivity contribution in [2.75, 3.05) is 7.05 Å². The van der Waals surface area contributed by atoms with E-state index in [2.05, 4.69) is 4.98 Å². The summed E-state index contributed by atoms with van der Waals surface area (Å²) in [5.74, 6) is -2.13. The molecule has 0 saturated heterocycles. The van der Waals surface area contributed by atoms with E-state index in [-0.39, 0.29) is 5.91 Å². The Hall–Kier alpha value is -1.88. The minimum absolute atomic E-state index is 0.283.